The van der Waals surface area contributed by atoms with E-state index in [2.05, 4.69) is 10.3 Å². The number of nitrogens with zero attached hydrogens (tertiary/aromatic N) is 2. The number of hydrogen-bond acceptors (Lipinski definition) is 4. The molecule has 0 aromatic carbocycles. The standard InChI is InChI=1S/C11H15N3O/c1-3-11(2,15)8-14-10-5-4-9(6-12)13-7-10/h4-5,7,14-15H,3,8H2,1-2H3. The van der Waals surface area contributed by atoms with Crippen molar-refractivity contribution in [3.8, 4) is 6.07 Å². The molecule has 4 nitrogen and oxygen atoms in total. The summed E-state index contributed by atoms with van der Waals surface area (Å²) in [6.07, 6.45) is 2.27. The number of aliphatic hydroxyl groups is 1. The van der Waals surface area contributed by atoms with E-state index in [-0.39, 0.29) is 0 Å². The third-order valence-corrected chi connectivity index (χ3v) is 2.31. The van der Waals surface area contributed by atoms with Gasteiger partial charge in [0.05, 0.1) is 17.5 Å². The lowest BCUT2D eigenvalue weighted by Gasteiger charge is -2.22. The summed E-state index contributed by atoms with van der Waals surface area (Å²) in [7, 11) is 0. The molecule has 2 N–H and O–H groups in total. The van der Waals surface area contributed by atoms with Crippen LogP contribution in [0.3, 0.4) is 0 Å². The van der Waals surface area contributed by atoms with E-state index in [1.54, 1.807) is 25.3 Å². The fourth-order valence-corrected chi connectivity index (χ4v) is 0.982. The summed E-state index contributed by atoms with van der Waals surface area (Å²) < 4.78 is 0. The number of pyridine rings is 1. The van der Waals surface area contributed by atoms with E-state index in [0.29, 0.717) is 18.7 Å². The molecule has 0 saturated carbocycles. The van der Waals surface area contributed by atoms with Gasteiger partial charge in [0.2, 0.25) is 0 Å². The van der Waals surface area contributed by atoms with Crippen LogP contribution in [0.1, 0.15) is 26.0 Å². The average Bonchev–Trinajstić information content (AvgIpc) is 2.27. The van der Waals surface area contributed by atoms with Crippen molar-refractivity contribution >= 4 is 5.69 Å². The number of aromatic nitrogens is 1. The molecule has 1 atom stereocenters. The van der Waals surface area contributed by atoms with Crippen LogP contribution in [0.15, 0.2) is 18.3 Å². The zero-order valence-electron chi connectivity index (χ0n) is 8.99. The summed E-state index contributed by atoms with van der Waals surface area (Å²) in [6.45, 7) is 4.17. The molecule has 1 heterocycles. The van der Waals surface area contributed by atoms with Gasteiger partial charge in [-0.25, -0.2) is 4.98 Å². The maximum atomic E-state index is 9.75. The van der Waals surface area contributed by atoms with Crippen LogP contribution in [-0.2, 0) is 0 Å². The highest BCUT2D eigenvalue weighted by molar-refractivity contribution is 5.42. The van der Waals surface area contributed by atoms with Gasteiger partial charge in [-0.05, 0) is 25.5 Å². The summed E-state index contributed by atoms with van der Waals surface area (Å²) in [5, 5.41) is 21.4. The van der Waals surface area contributed by atoms with Gasteiger partial charge in [0.1, 0.15) is 11.8 Å². The molecule has 80 valence electrons. The van der Waals surface area contributed by atoms with Crippen molar-refractivity contribution in [2.45, 2.75) is 25.9 Å². The Kier molecular flexibility index (Phi) is 3.64. The lowest BCUT2D eigenvalue weighted by Crippen LogP contribution is -2.32. The SMILES string of the molecule is CCC(C)(O)CNc1ccc(C#N)nc1. The highest BCUT2D eigenvalue weighted by Gasteiger charge is 2.16. The zero-order valence-corrected chi connectivity index (χ0v) is 8.99. The minimum atomic E-state index is -0.714. The molecule has 1 unspecified atom stereocenters. The third-order valence-electron chi connectivity index (χ3n) is 2.31. The minimum absolute atomic E-state index is 0.391. The van der Waals surface area contributed by atoms with Gasteiger partial charge >= 0.3 is 0 Å². The maximum Gasteiger partial charge on any atom is 0.140 e. The van der Waals surface area contributed by atoms with Crippen LogP contribution >= 0.6 is 0 Å². The van der Waals surface area contributed by atoms with Crippen molar-refractivity contribution in [1.82, 2.24) is 4.98 Å². The van der Waals surface area contributed by atoms with Gasteiger partial charge in [0.15, 0.2) is 0 Å². The zero-order chi connectivity index (χ0) is 11.3. The summed E-state index contributed by atoms with van der Waals surface area (Å²) in [5.41, 5.74) is 0.485. The number of hydrogen-bond donors (Lipinski definition) is 2. The molecule has 0 aliphatic heterocycles. The molecule has 0 radical (unpaired) electrons. The molecule has 0 saturated heterocycles. The Morgan fingerprint density at radius 1 is 1.60 bits per heavy atom. The summed E-state index contributed by atoms with van der Waals surface area (Å²) >= 11 is 0. The van der Waals surface area contributed by atoms with Crippen molar-refractivity contribution in [3.05, 3.63) is 24.0 Å². The predicted octanol–water partition coefficient (Wildman–Crippen LogP) is 1.53. The Labute approximate surface area is 89.6 Å². The van der Waals surface area contributed by atoms with Gasteiger partial charge < -0.3 is 10.4 Å². The molecule has 1 aromatic rings. The van der Waals surface area contributed by atoms with Gasteiger partial charge in [-0.1, -0.05) is 6.92 Å². The number of rotatable bonds is 4. The fraction of sp³-hybridized carbons (Fsp3) is 0.455. The van der Waals surface area contributed by atoms with Crippen molar-refractivity contribution in [3.63, 3.8) is 0 Å². The molecule has 0 bridgehead atoms. The van der Waals surface area contributed by atoms with Crippen LogP contribution in [0, 0.1) is 11.3 Å². The van der Waals surface area contributed by atoms with Gasteiger partial charge in [-0.3, -0.25) is 0 Å². The van der Waals surface area contributed by atoms with E-state index >= 15 is 0 Å². The van der Waals surface area contributed by atoms with Crippen LogP contribution in [0.2, 0.25) is 0 Å². The van der Waals surface area contributed by atoms with Gasteiger partial charge in [0.25, 0.3) is 0 Å². The molecule has 4 heteroatoms. The monoisotopic (exact) mass is 205 g/mol. The van der Waals surface area contributed by atoms with E-state index in [4.69, 9.17) is 5.26 Å². The maximum absolute atomic E-state index is 9.75. The third kappa shape index (κ3) is 3.56. The Morgan fingerprint density at radius 2 is 2.33 bits per heavy atom. The number of anilines is 1. The van der Waals surface area contributed by atoms with Crippen molar-refractivity contribution < 1.29 is 5.11 Å². The summed E-state index contributed by atoms with van der Waals surface area (Å²) in [6, 6.07) is 5.37. The Hall–Kier alpha value is -1.60. The lowest BCUT2D eigenvalue weighted by molar-refractivity contribution is 0.0697. The van der Waals surface area contributed by atoms with Crippen molar-refractivity contribution in [1.29, 1.82) is 5.26 Å². The summed E-state index contributed by atoms with van der Waals surface area (Å²) in [5.74, 6) is 0. The molecule has 1 rings (SSSR count). The van der Waals surface area contributed by atoms with Gasteiger partial charge in [0, 0.05) is 6.54 Å². The molecule has 0 amide bonds. The molecular formula is C11H15N3O. The van der Waals surface area contributed by atoms with Crippen LogP contribution in [0.4, 0.5) is 5.69 Å². The fourth-order valence-electron chi connectivity index (χ4n) is 0.982. The van der Waals surface area contributed by atoms with Crippen LogP contribution in [-0.4, -0.2) is 22.2 Å². The van der Waals surface area contributed by atoms with E-state index in [1.807, 2.05) is 13.0 Å². The topological polar surface area (TPSA) is 68.9 Å². The second-order valence-electron chi connectivity index (χ2n) is 3.75. The average molecular weight is 205 g/mol. The Bertz CT molecular complexity index is 351. The predicted molar refractivity (Wildman–Crippen MR) is 58.4 cm³/mol. The summed E-state index contributed by atoms with van der Waals surface area (Å²) in [4.78, 5) is 3.92. The first-order valence-electron chi connectivity index (χ1n) is 4.90. The van der Waals surface area contributed by atoms with E-state index in [1.165, 1.54) is 0 Å². The quantitative estimate of drug-likeness (QED) is 0.782. The Morgan fingerprint density at radius 3 is 2.80 bits per heavy atom. The second-order valence-corrected chi connectivity index (χ2v) is 3.75. The molecule has 0 aliphatic rings. The second kappa shape index (κ2) is 4.76. The van der Waals surface area contributed by atoms with E-state index in [9.17, 15) is 5.11 Å². The smallest absolute Gasteiger partial charge is 0.140 e. The minimum Gasteiger partial charge on any atom is -0.388 e. The van der Waals surface area contributed by atoms with Gasteiger partial charge in [-0.15, -0.1) is 0 Å². The number of nitrogens with one attached hydrogen (secondary N) is 1. The van der Waals surface area contributed by atoms with E-state index < -0.39 is 5.60 Å². The molecule has 0 fully saturated rings. The van der Waals surface area contributed by atoms with Crippen LogP contribution < -0.4 is 5.32 Å². The van der Waals surface area contributed by atoms with Crippen molar-refractivity contribution in [2.75, 3.05) is 11.9 Å². The van der Waals surface area contributed by atoms with Gasteiger partial charge in [-0.2, -0.15) is 5.26 Å². The van der Waals surface area contributed by atoms with E-state index in [0.717, 1.165) is 5.69 Å². The molecule has 0 spiro atoms. The first-order chi connectivity index (χ1) is 7.07. The lowest BCUT2D eigenvalue weighted by atomic mass is 10.0. The Balaban J connectivity index is 2.56. The van der Waals surface area contributed by atoms with Crippen LogP contribution in [0.5, 0.6) is 0 Å². The van der Waals surface area contributed by atoms with Crippen LogP contribution in [0.25, 0.3) is 0 Å². The molecule has 15 heavy (non-hydrogen) atoms. The number of nitriles is 1. The highest BCUT2D eigenvalue weighted by Crippen LogP contribution is 2.11. The van der Waals surface area contributed by atoms with Crippen molar-refractivity contribution in [2.24, 2.45) is 0 Å². The molecular weight excluding hydrogens is 190 g/mol. The molecule has 1 aromatic heterocycles. The first-order valence-corrected chi connectivity index (χ1v) is 4.90. The first kappa shape index (κ1) is 11.5. The normalized spacial score (nSPS) is 14.0. The largest absolute Gasteiger partial charge is 0.388 e. The molecule has 0 aliphatic carbocycles. The highest BCUT2D eigenvalue weighted by atomic mass is 16.3.